The van der Waals surface area contributed by atoms with Gasteiger partial charge in [-0.15, -0.1) is 0 Å². The lowest BCUT2D eigenvalue weighted by Gasteiger charge is -2.19. The zero-order valence-corrected chi connectivity index (χ0v) is 7.29. The van der Waals surface area contributed by atoms with Gasteiger partial charge in [0.1, 0.15) is 0 Å². The summed E-state index contributed by atoms with van der Waals surface area (Å²) in [6.45, 7) is 0. The number of carbonyl (C=O) groups excluding carboxylic acids is 1. The molecule has 2 rings (SSSR count). The molecule has 68 valence electrons. The smallest absolute Gasteiger partial charge is 0.222 e. The Morgan fingerprint density at radius 2 is 2.62 bits per heavy atom. The van der Waals surface area contributed by atoms with Crippen LogP contribution in [0.2, 0.25) is 0 Å². The number of carbonyl (C=O) groups is 1. The molecule has 0 spiro atoms. The van der Waals surface area contributed by atoms with Gasteiger partial charge in [-0.1, -0.05) is 6.04 Å². The number of hydrogen-bond acceptors (Lipinski definition) is 2. The molecule has 0 N–H and O–H groups in total. The Bertz CT molecular complexity index is 492. The van der Waals surface area contributed by atoms with E-state index in [-0.39, 0.29) is 41.9 Å². The monoisotopic (exact) mass is 182 g/mol. The van der Waals surface area contributed by atoms with Crippen molar-refractivity contribution in [1.29, 1.82) is 0 Å². The summed E-state index contributed by atoms with van der Waals surface area (Å²) >= 11 is 0. The zero-order chi connectivity index (χ0) is 12.7. The number of nitrogens with zero attached hydrogens (tertiary/aromatic N) is 2. The Labute approximate surface area is 83.0 Å². The molecule has 0 aromatic carbocycles. The SMILES string of the molecule is [2H]c1nc([2H])c([13CH]2[13CH2]CC(=O)N2C)c([2H])c1[2H]. The number of hydrogen-bond donors (Lipinski definition) is 0. The molecule has 3 heteroatoms. The van der Waals surface area contributed by atoms with E-state index in [4.69, 9.17) is 5.48 Å². The average Bonchev–Trinajstić information content (AvgIpc) is 2.58. The van der Waals surface area contributed by atoms with E-state index in [0.717, 1.165) is 0 Å². The Kier molecular flexibility index (Phi) is 1.16. The van der Waals surface area contributed by atoms with E-state index >= 15 is 0 Å². The predicted molar refractivity (Wildman–Crippen MR) is 49.0 cm³/mol. The highest BCUT2D eigenvalue weighted by Gasteiger charge is 2.28. The van der Waals surface area contributed by atoms with Gasteiger partial charge in [0.25, 0.3) is 0 Å². The third-order valence-corrected chi connectivity index (χ3v) is 2.31. The van der Waals surface area contributed by atoms with Crippen LogP contribution in [0.25, 0.3) is 0 Å². The summed E-state index contributed by atoms with van der Waals surface area (Å²) in [4.78, 5) is 16.5. The molecule has 1 aromatic heterocycles. The Hall–Kier alpha value is -1.38. The van der Waals surface area contributed by atoms with E-state index in [0.29, 0.717) is 12.8 Å². The first-order valence-corrected chi connectivity index (χ1v) is 4.13. The van der Waals surface area contributed by atoms with Gasteiger partial charge in [0.05, 0.1) is 11.5 Å². The van der Waals surface area contributed by atoms with Crippen LogP contribution in [0.4, 0.5) is 0 Å². The van der Waals surface area contributed by atoms with Crippen LogP contribution >= 0.6 is 0 Å². The molecular formula is C10H12N2O. The molecule has 1 fully saturated rings. The molecule has 1 aromatic rings. The normalized spacial score (nSPS) is 26.7. The first-order valence-electron chi connectivity index (χ1n) is 6.13. The van der Waals surface area contributed by atoms with Crippen molar-refractivity contribution in [1.82, 2.24) is 9.88 Å². The van der Waals surface area contributed by atoms with E-state index in [2.05, 4.69) is 4.98 Å². The van der Waals surface area contributed by atoms with Gasteiger partial charge >= 0.3 is 0 Å². The molecule has 13 heavy (non-hydrogen) atoms. The number of likely N-dealkylation sites (tertiary alicyclic amines) is 1. The lowest BCUT2D eigenvalue weighted by molar-refractivity contribution is -0.127. The van der Waals surface area contributed by atoms with Crippen molar-refractivity contribution >= 4 is 5.91 Å². The molecule has 1 unspecified atom stereocenters. The molecule has 0 bridgehead atoms. The van der Waals surface area contributed by atoms with Gasteiger partial charge in [-0.3, -0.25) is 9.78 Å². The van der Waals surface area contributed by atoms with Crippen LogP contribution in [0.1, 0.15) is 29.9 Å². The molecule has 0 radical (unpaired) electrons. The van der Waals surface area contributed by atoms with Gasteiger partial charge in [0.15, 0.2) is 0 Å². The Morgan fingerprint density at radius 1 is 1.77 bits per heavy atom. The standard InChI is InChI=1S/C10H12N2O/c1-12-9(4-5-10(12)13)8-3-2-6-11-7-8/h2-3,6-7,9H,4-5H2,1H3/i2D,3D,4+1,6D,7D,9+1. The summed E-state index contributed by atoms with van der Waals surface area (Å²) in [6, 6.07) is -0.815. The Morgan fingerprint density at radius 3 is 3.31 bits per heavy atom. The van der Waals surface area contributed by atoms with Gasteiger partial charge < -0.3 is 4.90 Å². The summed E-state index contributed by atoms with van der Waals surface area (Å²) in [6.07, 6.45) is 0.375. The van der Waals surface area contributed by atoms with E-state index in [1.54, 1.807) is 7.05 Å². The van der Waals surface area contributed by atoms with Crippen molar-refractivity contribution in [3.63, 3.8) is 0 Å². The van der Waals surface area contributed by atoms with Crippen LogP contribution in [-0.4, -0.2) is 22.8 Å². The second kappa shape index (κ2) is 3.17. The number of rotatable bonds is 1. The van der Waals surface area contributed by atoms with Crippen molar-refractivity contribution in [3.8, 4) is 0 Å². The van der Waals surface area contributed by atoms with E-state index in [9.17, 15) is 4.79 Å². The third-order valence-electron chi connectivity index (χ3n) is 2.31. The van der Waals surface area contributed by atoms with Gasteiger partial charge in [-0.05, 0) is 18.0 Å². The van der Waals surface area contributed by atoms with Gasteiger partial charge in [0, 0.05) is 25.8 Å². The quantitative estimate of drug-likeness (QED) is 0.615. The first-order chi connectivity index (χ1) is 7.93. The second-order valence-corrected chi connectivity index (χ2v) is 3.06. The van der Waals surface area contributed by atoms with Crippen LogP contribution < -0.4 is 0 Å². The highest BCUT2D eigenvalue weighted by molar-refractivity contribution is 5.78. The fourth-order valence-electron chi connectivity index (χ4n) is 1.54. The van der Waals surface area contributed by atoms with Crippen LogP contribution in [0, 0.1) is 0 Å². The molecule has 1 atom stereocenters. The molecule has 1 amide bonds. The van der Waals surface area contributed by atoms with Crippen molar-refractivity contribution in [2.45, 2.75) is 18.9 Å². The minimum Gasteiger partial charge on any atom is -0.339 e. The van der Waals surface area contributed by atoms with E-state index < -0.39 is 0 Å². The summed E-state index contributed by atoms with van der Waals surface area (Å²) in [5, 5.41) is 0. The minimum atomic E-state index is -0.365. The topological polar surface area (TPSA) is 33.2 Å². The highest BCUT2D eigenvalue weighted by atomic mass is 16.2. The maximum absolute atomic E-state index is 11.4. The van der Waals surface area contributed by atoms with E-state index in [1.807, 2.05) is 0 Å². The van der Waals surface area contributed by atoms with Crippen LogP contribution in [0.3, 0.4) is 0 Å². The molecule has 1 aliphatic rings. The van der Waals surface area contributed by atoms with Crippen molar-refractivity contribution in [2.75, 3.05) is 7.05 Å². The predicted octanol–water partition coefficient (Wildman–Crippen LogP) is 1.37. The Balaban J connectivity index is 2.53. The highest BCUT2D eigenvalue weighted by Crippen LogP contribution is 2.30. The fourth-order valence-corrected chi connectivity index (χ4v) is 1.54. The molecule has 3 nitrogen and oxygen atoms in total. The molecule has 1 aliphatic heterocycles. The summed E-state index contributed by atoms with van der Waals surface area (Å²) in [5.74, 6) is -0.0321. The largest absolute Gasteiger partial charge is 0.339 e. The van der Waals surface area contributed by atoms with Gasteiger partial charge in [-0.25, -0.2) is 0 Å². The number of pyridine rings is 1. The summed E-state index contributed by atoms with van der Waals surface area (Å²) in [7, 11) is 1.62. The van der Waals surface area contributed by atoms with Gasteiger partial charge in [-0.2, -0.15) is 0 Å². The fraction of sp³-hybridized carbons (Fsp3) is 0.400. The third kappa shape index (κ3) is 1.41. The lowest BCUT2D eigenvalue weighted by Crippen LogP contribution is -2.22. The molecular weight excluding hydrogens is 166 g/mol. The van der Waals surface area contributed by atoms with Crippen LogP contribution in [0.15, 0.2) is 24.4 Å². The van der Waals surface area contributed by atoms with E-state index in [1.165, 1.54) is 4.90 Å². The molecule has 2 heterocycles. The molecule has 0 aliphatic carbocycles. The molecule has 1 saturated heterocycles. The number of aromatic nitrogens is 1. The minimum absolute atomic E-state index is 0.0321. The maximum Gasteiger partial charge on any atom is 0.222 e. The van der Waals surface area contributed by atoms with Crippen molar-refractivity contribution in [3.05, 3.63) is 30.0 Å². The molecule has 0 saturated carbocycles. The average molecular weight is 182 g/mol. The van der Waals surface area contributed by atoms with Gasteiger partial charge in [0.2, 0.25) is 5.91 Å². The summed E-state index contributed by atoms with van der Waals surface area (Å²) in [5.41, 5.74) is 0.277. The van der Waals surface area contributed by atoms with Crippen LogP contribution in [-0.2, 0) is 4.79 Å². The van der Waals surface area contributed by atoms with Crippen molar-refractivity contribution in [2.24, 2.45) is 0 Å². The van der Waals surface area contributed by atoms with Crippen LogP contribution in [0.5, 0.6) is 0 Å². The summed E-state index contributed by atoms with van der Waals surface area (Å²) < 4.78 is 30.4. The van der Waals surface area contributed by atoms with Crippen molar-refractivity contribution < 1.29 is 10.3 Å². The zero-order valence-electron chi connectivity index (χ0n) is 11.3. The maximum atomic E-state index is 11.4. The lowest BCUT2D eigenvalue weighted by atomic mass is 10.3. The first kappa shape index (κ1) is 4.74. The number of amides is 1. The second-order valence-electron chi connectivity index (χ2n) is 3.06.